The molecule has 2 heterocycles. The summed E-state index contributed by atoms with van der Waals surface area (Å²) in [6.45, 7) is 1.45. The van der Waals surface area contributed by atoms with Crippen LogP contribution in [0.5, 0.6) is 0 Å². The van der Waals surface area contributed by atoms with Gasteiger partial charge in [-0.05, 0) is 36.6 Å². The molecular formula is C22H24F3N5O3. The number of anilines is 1. The number of carboxylic acid groups (broad SMARTS) is 1. The number of hydrogen-bond acceptors (Lipinski definition) is 5. The molecule has 1 aromatic heterocycles. The van der Waals surface area contributed by atoms with E-state index in [1.807, 2.05) is 47.5 Å². The first kappa shape index (κ1) is 24.1. The van der Waals surface area contributed by atoms with Crippen molar-refractivity contribution in [2.75, 3.05) is 18.4 Å². The van der Waals surface area contributed by atoms with Crippen molar-refractivity contribution in [2.45, 2.75) is 31.1 Å². The number of fused-ring (bicyclic) bond motifs is 1. The van der Waals surface area contributed by atoms with E-state index in [-0.39, 0.29) is 5.91 Å². The highest BCUT2D eigenvalue weighted by molar-refractivity contribution is 5.83. The summed E-state index contributed by atoms with van der Waals surface area (Å²) in [6, 6.07) is 15.5. The molecule has 0 unspecified atom stereocenters. The number of hydrogen-bond donors (Lipinski definition) is 4. The van der Waals surface area contributed by atoms with Gasteiger partial charge in [0.2, 0.25) is 5.91 Å². The topological polar surface area (TPSA) is 124 Å². The van der Waals surface area contributed by atoms with Crippen LogP contribution in [0.3, 0.4) is 0 Å². The minimum Gasteiger partial charge on any atom is -0.475 e. The number of nitrogens with zero attached hydrogens (tertiary/aromatic N) is 2. The molecule has 11 heteroatoms. The molecule has 5 N–H and O–H groups in total. The van der Waals surface area contributed by atoms with Gasteiger partial charge in [0.1, 0.15) is 6.04 Å². The summed E-state index contributed by atoms with van der Waals surface area (Å²) in [5.74, 6) is -2.75. The number of alkyl halides is 3. The molecule has 1 atom stereocenters. The third-order valence-electron chi connectivity index (χ3n) is 5.28. The maximum atomic E-state index is 12.7. The van der Waals surface area contributed by atoms with Crippen LogP contribution in [-0.2, 0) is 9.59 Å². The van der Waals surface area contributed by atoms with Gasteiger partial charge in [0.05, 0.1) is 11.7 Å². The van der Waals surface area contributed by atoms with Gasteiger partial charge in [0.25, 0.3) is 0 Å². The summed E-state index contributed by atoms with van der Waals surface area (Å²) in [5.41, 5.74) is 9.14. The van der Waals surface area contributed by atoms with Gasteiger partial charge < -0.3 is 21.1 Å². The second kappa shape index (κ2) is 10.3. The van der Waals surface area contributed by atoms with Crippen molar-refractivity contribution in [1.82, 2.24) is 15.1 Å². The summed E-state index contributed by atoms with van der Waals surface area (Å²) in [5, 5.41) is 18.8. The minimum atomic E-state index is -5.08. The molecule has 1 aliphatic rings. The Kier molecular flexibility index (Phi) is 7.54. The number of carboxylic acids is 1. The number of aliphatic carboxylic acids is 1. The van der Waals surface area contributed by atoms with E-state index in [1.54, 1.807) is 0 Å². The summed E-state index contributed by atoms with van der Waals surface area (Å²) in [7, 11) is 0. The van der Waals surface area contributed by atoms with E-state index in [0.717, 1.165) is 48.1 Å². The zero-order chi connectivity index (χ0) is 24.0. The lowest BCUT2D eigenvalue weighted by Crippen LogP contribution is -2.45. The fourth-order valence-corrected chi connectivity index (χ4v) is 3.51. The minimum absolute atomic E-state index is 0.00877. The van der Waals surface area contributed by atoms with Gasteiger partial charge in [-0.1, -0.05) is 30.3 Å². The smallest absolute Gasteiger partial charge is 0.475 e. The van der Waals surface area contributed by atoms with Crippen molar-refractivity contribution in [3.05, 3.63) is 60.3 Å². The van der Waals surface area contributed by atoms with E-state index < -0.39 is 18.2 Å². The molecule has 1 saturated heterocycles. The highest BCUT2D eigenvalue weighted by Gasteiger charge is 2.38. The van der Waals surface area contributed by atoms with Crippen LogP contribution in [0.4, 0.5) is 18.9 Å². The first-order chi connectivity index (χ1) is 15.6. The van der Waals surface area contributed by atoms with Gasteiger partial charge in [-0.15, -0.1) is 0 Å². The van der Waals surface area contributed by atoms with Crippen molar-refractivity contribution >= 4 is 28.5 Å². The molecule has 2 aromatic carbocycles. The van der Waals surface area contributed by atoms with Crippen LogP contribution in [-0.4, -0.2) is 57.4 Å². The van der Waals surface area contributed by atoms with Crippen LogP contribution in [0.2, 0.25) is 0 Å². The molecule has 0 radical (unpaired) electrons. The van der Waals surface area contributed by atoms with Crippen molar-refractivity contribution < 1.29 is 27.9 Å². The predicted octanol–water partition coefficient (Wildman–Crippen LogP) is 3.30. The maximum absolute atomic E-state index is 12.7. The quantitative estimate of drug-likeness (QED) is 0.471. The predicted molar refractivity (Wildman–Crippen MR) is 116 cm³/mol. The molecule has 0 aliphatic carbocycles. The third-order valence-corrected chi connectivity index (χ3v) is 5.28. The van der Waals surface area contributed by atoms with E-state index >= 15 is 0 Å². The molecule has 1 amide bonds. The van der Waals surface area contributed by atoms with Gasteiger partial charge in [0.15, 0.2) is 0 Å². The highest BCUT2D eigenvalue weighted by Crippen LogP contribution is 2.22. The summed E-state index contributed by atoms with van der Waals surface area (Å²) in [4.78, 5) is 23.4. The molecule has 176 valence electrons. The number of carbonyl (C=O) groups is 2. The SMILES string of the molecule is N[C@H](C(=O)N1CCC(Nc2ccc3[nH]ncc3c2)CC1)c1ccccc1.O=C(O)C(F)(F)F. The molecule has 33 heavy (non-hydrogen) atoms. The Morgan fingerprint density at radius 1 is 1.15 bits per heavy atom. The Hall–Kier alpha value is -3.60. The summed E-state index contributed by atoms with van der Waals surface area (Å²) in [6.07, 6.45) is -1.43. The number of carbonyl (C=O) groups excluding carboxylic acids is 1. The maximum Gasteiger partial charge on any atom is 0.490 e. The second-order valence-electron chi connectivity index (χ2n) is 7.61. The fourth-order valence-electron chi connectivity index (χ4n) is 3.51. The van der Waals surface area contributed by atoms with Crippen molar-refractivity contribution in [2.24, 2.45) is 5.73 Å². The Bertz CT molecular complexity index is 1080. The number of piperidine rings is 1. The summed E-state index contributed by atoms with van der Waals surface area (Å²) >= 11 is 0. The van der Waals surface area contributed by atoms with Crippen LogP contribution in [0.15, 0.2) is 54.7 Å². The number of likely N-dealkylation sites (tertiary alicyclic amines) is 1. The molecule has 1 fully saturated rings. The first-order valence-electron chi connectivity index (χ1n) is 10.2. The molecule has 0 bridgehead atoms. The van der Waals surface area contributed by atoms with E-state index in [1.165, 1.54) is 0 Å². The Balaban J connectivity index is 0.000000383. The number of amides is 1. The molecule has 1 aliphatic heterocycles. The number of rotatable bonds is 4. The third kappa shape index (κ3) is 6.45. The molecule has 0 saturated carbocycles. The average Bonchev–Trinajstić information content (AvgIpc) is 3.27. The number of halogens is 3. The molecule has 4 rings (SSSR count). The lowest BCUT2D eigenvalue weighted by atomic mass is 10.0. The van der Waals surface area contributed by atoms with Crippen LogP contribution in [0.25, 0.3) is 10.9 Å². The molecular weight excluding hydrogens is 439 g/mol. The standard InChI is InChI=1S/C20H23N5O.C2HF3O2/c21-19(14-4-2-1-3-5-14)20(26)25-10-8-16(9-11-25)23-17-6-7-18-15(12-17)13-22-24-18;3-2(4,5)1(6)7/h1-7,12-13,16,19,23H,8-11,21H2,(H,22,24);(H,6,7)/t19-;/m0./s1. The zero-order valence-electron chi connectivity index (χ0n) is 17.5. The Morgan fingerprint density at radius 2 is 1.79 bits per heavy atom. The Labute approximate surface area is 187 Å². The van der Waals surface area contributed by atoms with Crippen LogP contribution in [0, 0.1) is 0 Å². The van der Waals surface area contributed by atoms with Crippen molar-refractivity contribution in [1.29, 1.82) is 0 Å². The van der Waals surface area contributed by atoms with Crippen LogP contribution in [0.1, 0.15) is 24.4 Å². The van der Waals surface area contributed by atoms with Crippen molar-refractivity contribution in [3.63, 3.8) is 0 Å². The largest absolute Gasteiger partial charge is 0.490 e. The number of aromatic amines is 1. The van der Waals surface area contributed by atoms with Gasteiger partial charge in [-0.25, -0.2) is 4.79 Å². The normalized spacial score (nSPS) is 15.5. The lowest BCUT2D eigenvalue weighted by Gasteiger charge is -2.34. The molecule has 8 nitrogen and oxygen atoms in total. The Morgan fingerprint density at radius 3 is 2.39 bits per heavy atom. The average molecular weight is 463 g/mol. The first-order valence-corrected chi connectivity index (χ1v) is 10.2. The van der Waals surface area contributed by atoms with Gasteiger partial charge in [0, 0.05) is 30.2 Å². The highest BCUT2D eigenvalue weighted by atomic mass is 19.4. The number of nitrogens with two attached hydrogens (primary N) is 1. The van der Waals surface area contributed by atoms with Crippen molar-refractivity contribution in [3.8, 4) is 0 Å². The monoisotopic (exact) mass is 463 g/mol. The van der Waals surface area contributed by atoms with Crippen LogP contribution < -0.4 is 11.1 Å². The van der Waals surface area contributed by atoms with Crippen LogP contribution >= 0.6 is 0 Å². The van der Waals surface area contributed by atoms with E-state index in [4.69, 9.17) is 15.6 Å². The molecule has 3 aromatic rings. The van der Waals surface area contributed by atoms with E-state index in [9.17, 15) is 18.0 Å². The number of nitrogens with one attached hydrogen (secondary N) is 2. The zero-order valence-corrected chi connectivity index (χ0v) is 17.5. The van der Waals surface area contributed by atoms with Gasteiger partial charge >= 0.3 is 12.1 Å². The number of H-pyrrole nitrogens is 1. The number of benzene rings is 2. The van der Waals surface area contributed by atoms with E-state index in [2.05, 4.69) is 27.6 Å². The second-order valence-corrected chi connectivity index (χ2v) is 7.61. The van der Waals surface area contributed by atoms with Gasteiger partial charge in [-0.2, -0.15) is 18.3 Å². The lowest BCUT2D eigenvalue weighted by molar-refractivity contribution is -0.192. The number of aromatic nitrogens is 2. The summed E-state index contributed by atoms with van der Waals surface area (Å²) < 4.78 is 31.7. The molecule has 0 spiro atoms. The fraction of sp³-hybridized carbons (Fsp3) is 0.318. The van der Waals surface area contributed by atoms with E-state index in [0.29, 0.717) is 6.04 Å². The van der Waals surface area contributed by atoms with Gasteiger partial charge in [-0.3, -0.25) is 9.89 Å².